The van der Waals surface area contributed by atoms with Crippen LogP contribution in [0.5, 0.6) is 0 Å². The summed E-state index contributed by atoms with van der Waals surface area (Å²) in [5.41, 5.74) is 4.40. The summed E-state index contributed by atoms with van der Waals surface area (Å²) in [5, 5.41) is 3.50. The molecule has 100 valence electrons. The minimum absolute atomic E-state index is 0.221. The van der Waals surface area contributed by atoms with Crippen molar-refractivity contribution in [2.24, 2.45) is 0 Å². The van der Waals surface area contributed by atoms with E-state index in [4.69, 9.17) is 0 Å². The number of hydrogen-bond acceptors (Lipinski definition) is 1. The normalized spacial score (nSPS) is 12.8. The van der Waals surface area contributed by atoms with Gasteiger partial charge in [0, 0.05) is 5.54 Å². The lowest BCUT2D eigenvalue weighted by atomic mass is 10.0. The van der Waals surface area contributed by atoms with Crippen LogP contribution in [0, 0.1) is 6.92 Å². The third-order valence-corrected chi connectivity index (χ3v) is 2.90. The first-order valence-corrected chi connectivity index (χ1v) is 6.83. The molecule has 0 aliphatic heterocycles. The van der Waals surface area contributed by atoms with E-state index in [1.165, 1.54) is 16.7 Å². The van der Waals surface area contributed by atoms with Gasteiger partial charge in [-0.3, -0.25) is 0 Å². The monoisotopic (exact) mass is 245 g/mol. The van der Waals surface area contributed by atoms with Crippen molar-refractivity contribution < 1.29 is 0 Å². The third kappa shape index (κ3) is 6.61. The molecule has 0 unspecified atom stereocenters. The van der Waals surface area contributed by atoms with Crippen molar-refractivity contribution in [3.05, 3.63) is 47.0 Å². The highest BCUT2D eigenvalue weighted by Gasteiger charge is 2.06. The topological polar surface area (TPSA) is 12.0 Å². The standard InChI is InChI=1S/C17H27N/c1-14-8-10-16(11-9-14)13-15(2)7-6-12-18-17(3,4)5/h7-11,18H,6,12-13H2,1-5H3. The van der Waals surface area contributed by atoms with E-state index in [2.05, 4.69) is 70.3 Å². The maximum absolute atomic E-state index is 3.50. The van der Waals surface area contributed by atoms with Crippen LogP contribution in [-0.2, 0) is 6.42 Å². The average molecular weight is 245 g/mol. The fourth-order valence-corrected chi connectivity index (χ4v) is 1.87. The second kappa shape index (κ2) is 6.75. The van der Waals surface area contributed by atoms with Crippen molar-refractivity contribution in [2.45, 2.75) is 53.0 Å². The summed E-state index contributed by atoms with van der Waals surface area (Å²) >= 11 is 0. The number of benzene rings is 1. The van der Waals surface area contributed by atoms with Gasteiger partial charge in [0.05, 0.1) is 0 Å². The highest BCUT2D eigenvalue weighted by atomic mass is 14.9. The fraction of sp³-hybridized carbons (Fsp3) is 0.529. The lowest BCUT2D eigenvalue weighted by Gasteiger charge is -2.19. The summed E-state index contributed by atoms with van der Waals surface area (Å²) in [7, 11) is 0. The summed E-state index contributed by atoms with van der Waals surface area (Å²) in [5.74, 6) is 0. The zero-order valence-electron chi connectivity index (χ0n) is 12.5. The van der Waals surface area contributed by atoms with Crippen LogP contribution in [0.4, 0.5) is 0 Å². The Hall–Kier alpha value is -1.08. The molecule has 0 bridgehead atoms. The molecule has 1 aromatic carbocycles. The summed E-state index contributed by atoms with van der Waals surface area (Å²) in [6.07, 6.45) is 4.52. The molecule has 0 heterocycles. The van der Waals surface area contributed by atoms with Crippen LogP contribution < -0.4 is 5.32 Å². The van der Waals surface area contributed by atoms with Crippen molar-refractivity contribution in [3.8, 4) is 0 Å². The average Bonchev–Trinajstić information content (AvgIpc) is 2.26. The number of aryl methyl sites for hydroxylation is 1. The van der Waals surface area contributed by atoms with Gasteiger partial charge < -0.3 is 5.32 Å². The predicted octanol–water partition coefficient (Wildman–Crippen LogP) is 4.26. The van der Waals surface area contributed by atoms with Crippen LogP contribution >= 0.6 is 0 Å². The Morgan fingerprint density at radius 3 is 2.33 bits per heavy atom. The van der Waals surface area contributed by atoms with E-state index in [0.29, 0.717) is 0 Å². The minimum Gasteiger partial charge on any atom is -0.312 e. The zero-order chi connectivity index (χ0) is 13.6. The van der Waals surface area contributed by atoms with Gasteiger partial charge in [-0.2, -0.15) is 0 Å². The van der Waals surface area contributed by atoms with Crippen LogP contribution in [0.3, 0.4) is 0 Å². The van der Waals surface area contributed by atoms with E-state index >= 15 is 0 Å². The summed E-state index contributed by atoms with van der Waals surface area (Å²) in [6.45, 7) is 12.0. The molecule has 0 atom stereocenters. The number of allylic oxidation sites excluding steroid dienone is 1. The Labute approximate surface area is 112 Å². The quantitative estimate of drug-likeness (QED) is 0.603. The van der Waals surface area contributed by atoms with Gasteiger partial charge in [-0.1, -0.05) is 41.5 Å². The largest absolute Gasteiger partial charge is 0.312 e. The third-order valence-electron chi connectivity index (χ3n) is 2.90. The van der Waals surface area contributed by atoms with E-state index in [9.17, 15) is 0 Å². The van der Waals surface area contributed by atoms with Gasteiger partial charge in [-0.15, -0.1) is 0 Å². The second-order valence-electron chi connectivity index (χ2n) is 6.18. The molecule has 1 heteroatoms. The molecule has 1 aromatic rings. The lowest BCUT2D eigenvalue weighted by molar-refractivity contribution is 0.431. The van der Waals surface area contributed by atoms with Crippen molar-refractivity contribution >= 4 is 0 Å². The Morgan fingerprint density at radius 1 is 1.17 bits per heavy atom. The molecule has 0 aromatic heterocycles. The first-order chi connectivity index (χ1) is 8.37. The Balaban J connectivity index is 2.36. The lowest BCUT2D eigenvalue weighted by Crippen LogP contribution is -2.36. The first kappa shape index (κ1) is 15.0. The second-order valence-corrected chi connectivity index (χ2v) is 6.18. The molecular formula is C17H27N. The van der Waals surface area contributed by atoms with Crippen molar-refractivity contribution in [3.63, 3.8) is 0 Å². The van der Waals surface area contributed by atoms with Crippen LogP contribution in [0.15, 0.2) is 35.9 Å². The maximum atomic E-state index is 3.50. The summed E-state index contributed by atoms with van der Waals surface area (Å²) < 4.78 is 0. The van der Waals surface area contributed by atoms with E-state index in [-0.39, 0.29) is 5.54 Å². The highest BCUT2D eigenvalue weighted by molar-refractivity contribution is 5.25. The van der Waals surface area contributed by atoms with E-state index in [1.54, 1.807) is 0 Å². The van der Waals surface area contributed by atoms with Gasteiger partial charge in [-0.25, -0.2) is 0 Å². The van der Waals surface area contributed by atoms with Gasteiger partial charge in [0.25, 0.3) is 0 Å². The van der Waals surface area contributed by atoms with Gasteiger partial charge in [0.2, 0.25) is 0 Å². The molecule has 18 heavy (non-hydrogen) atoms. The number of rotatable bonds is 5. The Morgan fingerprint density at radius 2 is 1.78 bits per heavy atom. The zero-order valence-corrected chi connectivity index (χ0v) is 12.5. The van der Waals surface area contributed by atoms with Crippen molar-refractivity contribution in [1.29, 1.82) is 0 Å². The fourth-order valence-electron chi connectivity index (χ4n) is 1.87. The summed E-state index contributed by atoms with van der Waals surface area (Å²) in [6, 6.07) is 8.81. The molecule has 1 nitrogen and oxygen atoms in total. The Bertz CT molecular complexity index is 379. The van der Waals surface area contributed by atoms with Crippen LogP contribution in [-0.4, -0.2) is 12.1 Å². The molecule has 0 aliphatic rings. The molecule has 1 N–H and O–H groups in total. The first-order valence-electron chi connectivity index (χ1n) is 6.83. The number of hydrogen-bond donors (Lipinski definition) is 1. The smallest absolute Gasteiger partial charge is 0.00966 e. The molecule has 0 saturated carbocycles. The van der Waals surface area contributed by atoms with Gasteiger partial charge in [-0.05, 0) is 59.6 Å². The SMILES string of the molecule is CC(=CCCNC(C)(C)C)Cc1ccc(C)cc1. The maximum Gasteiger partial charge on any atom is 0.00966 e. The van der Waals surface area contributed by atoms with Gasteiger partial charge >= 0.3 is 0 Å². The molecule has 0 amide bonds. The molecule has 0 aliphatic carbocycles. The molecule has 0 fully saturated rings. The van der Waals surface area contributed by atoms with Crippen LogP contribution in [0.25, 0.3) is 0 Å². The van der Waals surface area contributed by atoms with E-state index in [0.717, 1.165) is 19.4 Å². The molecule has 1 rings (SSSR count). The van der Waals surface area contributed by atoms with Crippen LogP contribution in [0.1, 0.15) is 45.2 Å². The predicted molar refractivity (Wildman–Crippen MR) is 81.0 cm³/mol. The molecular weight excluding hydrogens is 218 g/mol. The Kier molecular flexibility index (Phi) is 5.61. The minimum atomic E-state index is 0.221. The van der Waals surface area contributed by atoms with E-state index < -0.39 is 0 Å². The van der Waals surface area contributed by atoms with E-state index in [1.807, 2.05) is 0 Å². The van der Waals surface area contributed by atoms with Gasteiger partial charge in [0.1, 0.15) is 0 Å². The van der Waals surface area contributed by atoms with Crippen molar-refractivity contribution in [1.82, 2.24) is 5.32 Å². The number of nitrogens with one attached hydrogen (secondary N) is 1. The highest BCUT2D eigenvalue weighted by Crippen LogP contribution is 2.09. The molecule has 0 spiro atoms. The molecule has 0 radical (unpaired) electrons. The summed E-state index contributed by atoms with van der Waals surface area (Å²) in [4.78, 5) is 0. The van der Waals surface area contributed by atoms with Crippen LogP contribution in [0.2, 0.25) is 0 Å². The van der Waals surface area contributed by atoms with Gasteiger partial charge in [0.15, 0.2) is 0 Å². The molecule has 0 saturated heterocycles. The van der Waals surface area contributed by atoms with Crippen molar-refractivity contribution in [2.75, 3.05) is 6.54 Å².